The standard InChI is InChI=1S/C16H19Cl2N3/c1-10-16-15(19-7-8-21(16)11(2)20-10)6-4-12-3-5-13(17)9-14(12)18/h3,5,9,15,19H,4,6-8H2,1-2H3/t15-/m1/s1. The normalized spacial score (nSPS) is 17.8. The lowest BCUT2D eigenvalue weighted by Crippen LogP contribution is -2.34. The number of aromatic nitrogens is 2. The average molecular weight is 324 g/mol. The summed E-state index contributed by atoms with van der Waals surface area (Å²) in [5.41, 5.74) is 3.60. The van der Waals surface area contributed by atoms with Gasteiger partial charge in [-0.1, -0.05) is 29.3 Å². The van der Waals surface area contributed by atoms with Crippen LogP contribution in [-0.4, -0.2) is 16.1 Å². The highest BCUT2D eigenvalue weighted by atomic mass is 35.5. The van der Waals surface area contributed by atoms with Gasteiger partial charge in [0.25, 0.3) is 0 Å². The summed E-state index contributed by atoms with van der Waals surface area (Å²) in [6, 6.07) is 6.07. The molecule has 2 aromatic rings. The maximum atomic E-state index is 6.26. The Morgan fingerprint density at radius 2 is 2.14 bits per heavy atom. The first-order valence-corrected chi connectivity index (χ1v) is 8.03. The van der Waals surface area contributed by atoms with Crippen LogP contribution in [0, 0.1) is 13.8 Å². The summed E-state index contributed by atoms with van der Waals surface area (Å²) in [5, 5.41) is 5.03. The number of imidazole rings is 1. The monoisotopic (exact) mass is 323 g/mol. The SMILES string of the molecule is Cc1nc(C)n2c1[C@@H](CCc1ccc(Cl)cc1Cl)NCC2. The molecule has 0 unspecified atom stereocenters. The molecule has 0 radical (unpaired) electrons. The van der Waals surface area contributed by atoms with Gasteiger partial charge in [-0.25, -0.2) is 4.98 Å². The predicted octanol–water partition coefficient (Wildman–Crippen LogP) is 4.08. The summed E-state index contributed by atoms with van der Waals surface area (Å²) in [6.07, 6.45) is 1.94. The molecule has 0 fully saturated rings. The van der Waals surface area contributed by atoms with E-state index in [1.54, 1.807) is 0 Å². The summed E-state index contributed by atoms with van der Waals surface area (Å²) in [5.74, 6) is 1.11. The van der Waals surface area contributed by atoms with E-state index in [4.69, 9.17) is 23.2 Å². The van der Waals surface area contributed by atoms with Gasteiger partial charge in [0.15, 0.2) is 0 Å². The highest BCUT2D eigenvalue weighted by molar-refractivity contribution is 6.35. The van der Waals surface area contributed by atoms with Gasteiger partial charge in [0, 0.05) is 29.2 Å². The van der Waals surface area contributed by atoms with Gasteiger partial charge in [-0.3, -0.25) is 0 Å². The molecule has 0 saturated heterocycles. The maximum absolute atomic E-state index is 6.26. The molecule has 1 N–H and O–H groups in total. The molecule has 0 bridgehead atoms. The van der Waals surface area contributed by atoms with Gasteiger partial charge >= 0.3 is 0 Å². The van der Waals surface area contributed by atoms with Crippen molar-refractivity contribution in [1.82, 2.24) is 14.9 Å². The minimum Gasteiger partial charge on any atom is -0.329 e. The smallest absolute Gasteiger partial charge is 0.106 e. The van der Waals surface area contributed by atoms with Crippen LogP contribution in [0.15, 0.2) is 18.2 Å². The van der Waals surface area contributed by atoms with E-state index in [0.717, 1.165) is 48.0 Å². The van der Waals surface area contributed by atoms with E-state index in [2.05, 4.69) is 28.7 Å². The zero-order valence-corrected chi connectivity index (χ0v) is 13.8. The zero-order chi connectivity index (χ0) is 15.0. The van der Waals surface area contributed by atoms with Gasteiger partial charge in [-0.05, 0) is 44.4 Å². The molecule has 0 aliphatic carbocycles. The molecule has 0 spiro atoms. The van der Waals surface area contributed by atoms with E-state index in [-0.39, 0.29) is 0 Å². The summed E-state index contributed by atoms with van der Waals surface area (Å²) in [4.78, 5) is 4.61. The lowest BCUT2D eigenvalue weighted by Gasteiger charge is -2.27. The summed E-state index contributed by atoms with van der Waals surface area (Å²) in [6.45, 7) is 6.16. The second kappa shape index (κ2) is 5.99. The first kappa shape index (κ1) is 14.9. The quantitative estimate of drug-likeness (QED) is 0.922. The lowest BCUT2D eigenvalue weighted by atomic mass is 10.0. The minimum atomic E-state index is 0.340. The third-order valence-corrected chi connectivity index (χ3v) is 4.74. The van der Waals surface area contributed by atoms with Gasteiger partial charge in [0.05, 0.1) is 11.4 Å². The lowest BCUT2D eigenvalue weighted by molar-refractivity contribution is 0.401. The Morgan fingerprint density at radius 1 is 1.33 bits per heavy atom. The van der Waals surface area contributed by atoms with Crippen LogP contribution in [0.2, 0.25) is 10.0 Å². The van der Waals surface area contributed by atoms with E-state index >= 15 is 0 Å². The molecule has 3 nitrogen and oxygen atoms in total. The van der Waals surface area contributed by atoms with Crippen molar-refractivity contribution in [2.45, 2.75) is 39.3 Å². The highest BCUT2D eigenvalue weighted by Crippen LogP contribution is 2.28. The predicted molar refractivity (Wildman–Crippen MR) is 87.2 cm³/mol. The van der Waals surface area contributed by atoms with Crippen molar-refractivity contribution < 1.29 is 0 Å². The molecular formula is C16H19Cl2N3. The molecule has 21 heavy (non-hydrogen) atoms. The number of hydrogen-bond acceptors (Lipinski definition) is 2. The van der Waals surface area contributed by atoms with Crippen LogP contribution in [0.5, 0.6) is 0 Å². The third kappa shape index (κ3) is 2.96. The zero-order valence-electron chi connectivity index (χ0n) is 12.3. The molecule has 1 aliphatic heterocycles. The maximum Gasteiger partial charge on any atom is 0.106 e. The largest absolute Gasteiger partial charge is 0.329 e. The van der Waals surface area contributed by atoms with Crippen molar-refractivity contribution in [3.05, 3.63) is 51.0 Å². The summed E-state index contributed by atoms with van der Waals surface area (Å²) in [7, 11) is 0. The van der Waals surface area contributed by atoms with Gasteiger partial charge in [-0.2, -0.15) is 0 Å². The Bertz CT molecular complexity index is 664. The number of hydrogen-bond donors (Lipinski definition) is 1. The number of fused-ring (bicyclic) bond motifs is 1. The van der Waals surface area contributed by atoms with Gasteiger partial charge in [0.1, 0.15) is 5.82 Å². The number of nitrogens with zero attached hydrogens (tertiary/aromatic N) is 2. The molecule has 0 amide bonds. The van der Waals surface area contributed by atoms with Crippen LogP contribution in [0.25, 0.3) is 0 Å². The number of rotatable bonds is 3. The van der Waals surface area contributed by atoms with Crippen molar-refractivity contribution in [3.63, 3.8) is 0 Å². The van der Waals surface area contributed by atoms with Crippen molar-refractivity contribution in [2.75, 3.05) is 6.54 Å². The van der Waals surface area contributed by atoms with Crippen molar-refractivity contribution in [2.24, 2.45) is 0 Å². The van der Waals surface area contributed by atoms with Crippen LogP contribution in [0.3, 0.4) is 0 Å². The van der Waals surface area contributed by atoms with Crippen LogP contribution in [-0.2, 0) is 13.0 Å². The fourth-order valence-corrected chi connectivity index (χ4v) is 3.67. The third-order valence-electron chi connectivity index (χ3n) is 4.16. The molecule has 112 valence electrons. The van der Waals surface area contributed by atoms with E-state index in [0.29, 0.717) is 11.1 Å². The summed E-state index contributed by atoms with van der Waals surface area (Å²) >= 11 is 12.2. The van der Waals surface area contributed by atoms with Crippen molar-refractivity contribution in [3.8, 4) is 0 Å². The van der Waals surface area contributed by atoms with Crippen LogP contribution in [0.1, 0.15) is 35.2 Å². The van der Waals surface area contributed by atoms with E-state index in [1.165, 1.54) is 5.69 Å². The van der Waals surface area contributed by atoms with Crippen LogP contribution < -0.4 is 5.32 Å². The van der Waals surface area contributed by atoms with Gasteiger partial charge < -0.3 is 9.88 Å². The molecular weight excluding hydrogens is 305 g/mol. The average Bonchev–Trinajstić information content (AvgIpc) is 2.74. The number of halogens is 2. The molecule has 1 aromatic carbocycles. The molecule has 2 heterocycles. The topological polar surface area (TPSA) is 29.9 Å². The van der Waals surface area contributed by atoms with Crippen LogP contribution >= 0.6 is 23.2 Å². The first-order valence-electron chi connectivity index (χ1n) is 7.27. The fourth-order valence-electron chi connectivity index (χ4n) is 3.16. The Morgan fingerprint density at radius 3 is 2.90 bits per heavy atom. The molecule has 1 atom stereocenters. The van der Waals surface area contributed by atoms with Crippen LogP contribution in [0.4, 0.5) is 0 Å². The van der Waals surface area contributed by atoms with E-state index < -0.39 is 0 Å². The van der Waals surface area contributed by atoms with Gasteiger partial charge in [-0.15, -0.1) is 0 Å². The second-order valence-electron chi connectivity index (χ2n) is 5.56. The Labute approximate surface area is 135 Å². The fraction of sp³-hybridized carbons (Fsp3) is 0.438. The van der Waals surface area contributed by atoms with Crippen molar-refractivity contribution >= 4 is 23.2 Å². The molecule has 1 aliphatic rings. The molecule has 3 rings (SSSR count). The Kier molecular flexibility index (Phi) is 4.25. The second-order valence-corrected chi connectivity index (χ2v) is 6.41. The minimum absolute atomic E-state index is 0.340. The Hall–Kier alpha value is -1.03. The molecule has 1 aromatic heterocycles. The number of nitrogens with one attached hydrogen (secondary N) is 1. The van der Waals surface area contributed by atoms with E-state index in [1.807, 2.05) is 18.2 Å². The number of aryl methyl sites for hydroxylation is 3. The molecule has 5 heteroatoms. The Balaban J connectivity index is 1.78. The van der Waals surface area contributed by atoms with E-state index in [9.17, 15) is 0 Å². The summed E-state index contributed by atoms with van der Waals surface area (Å²) < 4.78 is 2.33. The molecule has 0 saturated carbocycles. The van der Waals surface area contributed by atoms with Crippen molar-refractivity contribution in [1.29, 1.82) is 0 Å². The number of benzene rings is 1. The highest BCUT2D eigenvalue weighted by Gasteiger charge is 2.24. The first-order chi connectivity index (χ1) is 10.1. The van der Waals surface area contributed by atoms with Gasteiger partial charge in [0.2, 0.25) is 0 Å².